The van der Waals surface area contributed by atoms with Crippen LogP contribution in [0, 0.1) is 0 Å². The Hall–Kier alpha value is -0.870. The molecule has 4 nitrogen and oxygen atoms in total. The summed E-state index contributed by atoms with van der Waals surface area (Å²) in [4.78, 5) is 11.7. The zero-order valence-electron chi connectivity index (χ0n) is 9.47. The van der Waals surface area contributed by atoms with E-state index in [9.17, 15) is 4.79 Å². The second-order valence-electron chi connectivity index (χ2n) is 3.92. The highest BCUT2D eigenvalue weighted by Gasteiger charge is 2.17. The van der Waals surface area contributed by atoms with Gasteiger partial charge in [0.25, 0.3) is 0 Å². The third kappa shape index (κ3) is 3.32. The van der Waals surface area contributed by atoms with Gasteiger partial charge in [-0.2, -0.15) is 0 Å². The molecule has 4 heteroatoms. The molecular formula is C11H20N2O2. The molecule has 0 aromatic heterocycles. The molecule has 0 radical (unpaired) electrons. The number of hydrogen-bond acceptors (Lipinski definition) is 3. The lowest BCUT2D eigenvalue weighted by atomic mass is 10.0. The average molecular weight is 212 g/mol. The van der Waals surface area contributed by atoms with Crippen LogP contribution < -0.4 is 10.6 Å². The lowest BCUT2D eigenvalue weighted by Gasteiger charge is -2.23. The van der Waals surface area contributed by atoms with E-state index in [0.29, 0.717) is 6.42 Å². The minimum Gasteiger partial charge on any atom is -0.396 e. The van der Waals surface area contributed by atoms with Crippen molar-refractivity contribution in [1.29, 1.82) is 0 Å². The van der Waals surface area contributed by atoms with Crippen molar-refractivity contribution in [3.63, 3.8) is 0 Å². The lowest BCUT2D eigenvalue weighted by Crippen LogP contribution is -2.40. The summed E-state index contributed by atoms with van der Waals surface area (Å²) < 4.78 is 0. The summed E-state index contributed by atoms with van der Waals surface area (Å²) >= 11 is 0. The standard InChI is InChI=1S/C11H20N2O2/c1-3-10(4-5-14)13-11(15)8(2)9-6-12-7-9/h10,12,14H,3-7H2,1-2H3,(H,13,15). The van der Waals surface area contributed by atoms with Crippen molar-refractivity contribution in [2.45, 2.75) is 32.7 Å². The summed E-state index contributed by atoms with van der Waals surface area (Å²) in [5.74, 6) is 0.00630. The van der Waals surface area contributed by atoms with Gasteiger partial charge in [0.05, 0.1) is 0 Å². The van der Waals surface area contributed by atoms with Gasteiger partial charge in [0.2, 0.25) is 5.91 Å². The van der Waals surface area contributed by atoms with Crippen molar-refractivity contribution in [1.82, 2.24) is 10.6 Å². The van der Waals surface area contributed by atoms with Crippen molar-refractivity contribution in [2.24, 2.45) is 0 Å². The quantitative estimate of drug-likeness (QED) is 0.570. The van der Waals surface area contributed by atoms with Crippen LogP contribution in [0.25, 0.3) is 0 Å². The van der Waals surface area contributed by atoms with Crippen LogP contribution in [0.15, 0.2) is 11.1 Å². The van der Waals surface area contributed by atoms with Crippen LogP contribution in [0.4, 0.5) is 0 Å². The maximum Gasteiger partial charge on any atom is 0.247 e. The molecule has 0 spiro atoms. The van der Waals surface area contributed by atoms with Gasteiger partial charge in [0.1, 0.15) is 0 Å². The highest BCUT2D eigenvalue weighted by Crippen LogP contribution is 2.09. The van der Waals surface area contributed by atoms with Crippen LogP contribution in [0.1, 0.15) is 26.7 Å². The Balaban J connectivity index is 2.46. The Morgan fingerprint density at radius 2 is 2.27 bits per heavy atom. The summed E-state index contributed by atoms with van der Waals surface area (Å²) in [6, 6.07) is 0.0890. The fraction of sp³-hybridized carbons (Fsp3) is 0.727. The molecule has 0 aliphatic carbocycles. The SMILES string of the molecule is CCC(CCO)NC(=O)C(C)=C1CNC1. The molecule has 1 atom stereocenters. The summed E-state index contributed by atoms with van der Waals surface area (Å²) in [6.45, 7) is 5.65. The predicted molar refractivity (Wildman–Crippen MR) is 59.5 cm³/mol. The van der Waals surface area contributed by atoms with Gasteiger partial charge in [0.15, 0.2) is 0 Å². The van der Waals surface area contributed by atoms with Crippen molar-refractivity contribution >= 4 is 5.91 Å². The number of aliphatic hydroxyl groups is 1. The van der Waals surface area contributed by atoms with Gasteiger partial charge in [-0.1, -0.05) is 6.92 Å². The van der Waals surface area contributed by atoms with Crippen LogP contribution in [-0.2, 0) is 4.79 Å². The molecule has 0 bridgehead atoms. The zero-order chi connectivity index (χ0) is 11.3. The molecule has 1 unspecified atom stereocenters. The van der Waals surface area contributed by atoms with E-state index in [1.807, 2.05) is 13.8 Å². The van der Waals surface area contributed by atoms with Crippen LogP contribution in [0.2, 0.25) is 0 Å². The van der Waals surface area contributed by atoms with Crippen LogP contribution in [0.5, 0.6) is 0 Å². The van der Waals surface area contributed by atoms with Crippen molar-refractivity contribution in [3.05, 3.63) is 11.1 Å². The third-order valence-corrected chi connectivity index (χ3v) is 2.85. The van der Waals surface area contributed by atoms with Gasteiger partial charge in [0, 0.05) is 31.3 Å². The fourth-order valence-corrected chi connectivity index (χ4v) is 1.50. The van der Waals surface area contributed by atoms with Gasteiger partial charge in [-0.25, -0.2) is 0 Å². The fourth-order valence-electron chi connectivity index (χ4n) is 1.50. The second kappa shape index (κ2) is 5.88. The Kier molecular flexibility index (Phi) is 4.78. The predicted octanol–water partition coefficient (Wildman–Crippen LogP) is 0.183. The van der Waals surface area contributed by atoms with E-state index in [0.717, 1.165) is 25.1 Å². The monoisotopic (exact) mass is 212 g/mol. The molecule has 1 aliphatic rings. The molecule has 0 aromatic rings. The minimum absolute atomic E-state index is 0.00630. The Morgan fingerprint density at radius 1 is 1.60 bits per heavy atom. The highest BCUT2D eigenvalue weighted by molar-refractivity contribution is 5.94. The number of nitrogens with one attached hydrogen (secondary N) is 2. The largest absolute Gasteiger partial charge is 0.396 e. The second-order valence-corrected chi connectivity index (χ2v) is 3.92. The average Bonchev–Trinajstić information content (AvgIpc) is 2.14. The third-order valence-electron chi connectivity index (χ3n) is 2.85. The maximum atomic E-state index is 11.7. The Labute approximate surface area is 90.7 Å². The van der Waals surface area contributed by atoms with E-state index >= 15 is 0 Å². The summed E-state index contributed by atoms with van der Waals surface area (Å²) in [5.41, 5.74) is 2.01. The molecule has 3 N–H and O–H groups in total. The molecule has 1 fully saturated rings. The Bertz CT molecular complexity index is 255. The van der Waals surface area contributed by atoms with E-state index in [1.54, 1.807) is 0 Å². The summed E-state index contributed by atoms with van der Waals surface area (Å²) in [5, 5.41) is 14.9. The maximum absolute atomic E-state index is 11.7. The summed E-state index contributed by atoms with van der Waals surface area (Å²) in [7, 11) is 0. The summed E-state index contributed by atoms with van der Waals surface area (Å²) in [6.07, 6.45) is 1.48. The smallest absolute Gasteiger partial charge is 0.247 e. The Morgan fingerprint density at radius 3 is 2.67 bits per heavy atom. The molecule has 15 heavy (non-hydrogen) atoms. The topological polar surface area (TPSA) is 61.4 Å². The van der Waals surface area contributed by atoms with Crippen molar-refractivity contribution in [2.75, 3.05) is 19.7 Å². The van der Waals surface area contributed by atoms with Gasteiger partial charge in [-0.15, -0.1) is 0 Å². The van der Waals surface area contributed by atoms with Crippen LogP contribution >= 0.6 is 0 Å². The van der Waals surface area contributed by atoms with Crippen LogP contribution in [0.3, 0.4) is 0 Å². The molecule has 1 heterocycles. The van der Waals surface area contributed by atoms with Gasteiger partial charge in [-0.3, -0.25) is 4.79 Å². The van der Waals surface area contributed by atoms with E-state index in [-0.39, 0.29) is 18.6 Å². The van der Waals surface area contributed by atoms with Crippen molar-refractivity contribution < 1.29 is 9.90 Å². The highest BCUT2D eigenvalue weighted by atomic mass is 16.3. The number of carbonyl (C=O) groups excluding carboxylic acids is 1. The zero-order valence-corrected chi connectivity index (χ0v) is 9.47. The minimum atomic E-state index is 0.00630. The molecule has 1 rings (SSSR count). The number of hydrogen-bond donors (Lipinski definition) is 3. The van der Waals surface area contributed by atoms with E-state index < -0.39 is 0 Å². The van der Waals surface area contributed by atoms with Gasteiger partial charge < -0.3 is 15.7 Å². The molecular weight excluding hydrogens is 192 g/mol. The normalized spacial score (nSPS) is 16.9. The first-order chi connectivity index (χ1) is 7.19. The lowest BCUT2D eigenvalue weighted by molar-refractivity contribution is -0.118. The first-order valence-corrected chi connectivity index (χ1v) is 5.50. The molecule has 0 aromatic carbocycles. The molecule has 1 aliphatic heterocycles. The number of carbonyl (C=O) groups is 1. The molecule has 1 amide bonds. The number of amides is 1. The molecule has 86 valence electrons. The molecule has 1 saturated heterocycles. The van der Waals surface area contributed by atoms with E-state index in [1.165, 1.54) is 5.57 Å². The van der Waals surface area contributed by atoms with Crippen LogP contribution in [-0.4, -0.2) is 36.8 Å². The van der Waals surface area contributed by atoms with Crippen molar-refractivity contribution in [3.8, 4) is 0 Å². The number of aliphatic hydroxyl groups excluding tert-OH is 1. The first kappa shape index (κ1) is 12.2. The first-order valence-electron chi connectivity index (χ1n) is 5.50. The van der Waals surface area contributed by atoms with E-state index in [2.05, 4.69) is 10.6 Å². The van der Waals surface area contributed by atoms with Gasteiger partial charge in [-0.05, 0) is 25.3 Å². The molecule has 0 saturated carbocycles. The number of rotatable bonds is 5. The van der Waals surface area contributed by atoms with E-state index in [4.69, 9.17) is 5.11 Å². The van der Waals surface area contributed by atoms with Gasteiger partial charge >= 0.3 is 0 Å².